The molecule has 0 aromatic carbocycles. The zero-order valence-corrected chi connectivity index (χ0v) is 13.7. The van der Waals surface area contributed by atoms with Crippen LogP contribution < -0.4 is 5.73 Å². The van der Waals surface area contributed by atoms with E-state index in [0.29, 0.717) is 12.0 Å². The van der Waals surface area contributed by atoms with E-state index in [0.717, 1.165) is 38.6 Å². The van der Waals surface area contributed by atoms with Crippen LogP contribution >= 0.6 is 0 Å². The Hall–Kier alpha value is -0.120. The van der Waals surface area contributed by atoms with Gasteiger partial charge in [-0.05, 0) is 38.1 Å². The lowest BCUT2D eigenvalue weighted by Crippen LogP contribution is -2.62. The van der Waals surface area contributed by atoms with Crippen LogP contribution in [-0.2, 0) is 4.74 Å². The van der Waals surface area contributed by atoms with E-state index >= 15 is 0 Å². The van der Waals surface area contributed by atoms with Crippen LogP contribution in [-0.4, -0.2) is 42.3 Å². The van der Waals surface area contributed by atoms with Crippen molar-refractivity contribution >= 4 is 0 Å². The summed E-state index contributed by atoms with van der Waals surface area (Å²) in [6.45, 7) is 9.65. The fourth-order valence-electron chi connectivity index (χ4n) is 4.30. The third-order valence-electron chi connectivity index (χ3n) is 5.57. The SMILES string of the molecule is CCN(C1CCCCC1)C1(CN)CCOC(C(C)C)C1. The number of likely N-dealkylation sites (N-methyl/N-ethyl adjacent to an activating group) is 1. The van der Waals surface area contributed by atoms with Crippen LogP contribution in [0.3, 0.4) is 0 Å². The fourth-order valence-corrected chi connectivity index (χ4v) is 4.30. The smallest absolute Gasteiger partial charge is 0.0616 e. The fraction of sp³-hybridized carbons (Fsp3) is 1.00. The number of nitrogens with zero attached hydrogens (tertiary/aromatic N) is 1. The molecule has 0 bridgehead atoms. The van der Waals surface area contributed by atoms with Crippen LogP contribution in [0.4, 0.5) is 0 Å². The Morgan fingerprint density at radius 2 is 1.95 bits per heavy atom. The number of rotatable bonds is 5. The number of hydrogen-bond acceptors (Lipinski definition) is 3. The first kappa shape index (κ1) is 16.3. The van der Waals surface area contributed by atoms with E-state index in [1.165, 1.54) is 32.1 Å². The zero-order chi connectivity index (χ0) is 14.6. The quantitative estimate of drug-likeness (QED) is 0.841. The molecule has 0 aromatic rings. The molecule has 0 amide bonds. The Balaban J connectivity index is 2.13. The van der Waals surface area contributed by atoms with Crippen LogP contribution in [0, 0.1) is 5.92 Å². The second-order valence-corrected chi connectivity index (χ2v) is 7.11. The minimum atomic E-state index is 0.184. The summed E-state index contributed by atoms with van der Waals surface area (Å²) in [6, 6.07) is 0.753. The molecule has 0 spiro atoms. The second-order valence-electron chi connectivity index (χ2n) is 7.11. The molecule has 3 heteroatoms. The van der Waals surface area contributed by atoms with Gasteiger partial charge >= 0.3 is 0 Å². The van der Waals surface area contributed by atoms with Crippen molar-refractivity contribution in [3.63, 3.8) is 0 Å². The summed E-state index contributed by atoms with van der Waals surface area (Å²) >= 11 is 0. The molecule has 2 atom stereocenters. The predicted octanol–water partition coefficient (Wildman–Crippen LogP) is 3.17. The molecule has 3 nitrogen and oxygen atoms in total. The Morgan fingerprint density at radius 1 is 1.25 bits per heavy atom. The van der Waals surface area contributed by atoms with Crippen molar-refractivity contribution in [2.24, 2.45) is 11.7 Å². The van der Waals surface area contributed by atoms with Gasteiger partial charge in [-0.3, -0.25) is 4.90 Å². The predicted molar refractivity (Wildman–Crippen MR) is 84.9 cm³/mol. The average molecular weight is 282 g/mol. The number of nitrogens with two attached hydrogens (primary N) is 1. The van der Waals surface area contributed by atoms with Crippen molar-refractivity contribution in [1.29, 1.82) is 0 Å². The molecule has 1 saturated heterocycles. The van der Waals surface area contributed by atoms with E-state index in [9.17, 15) is 0 Å². The number of hydrogen-bond donors (Lipinski definition) is 1. The zero-order valence-electron chi connectivity index (χ0n) is 13.7. The van der Waals surface area contributed by atoms with Gasteiger partial charge < -0.3 is 10.5 Å². The van der Waals surface area contributed by atoms with Gasteiger partial charge in [-0.25, -0.2) is 0 Å². The molecular formula is C17H34N2O. The van der Waals surface area contributed by atoms with Crippen LogP contribution in [0.15, 0.2) is 0 Å². The van der Waals surface area contributed by atoms with E-state index in [1.54, 1.807) is 0 Å². The van der Waals surface area contributed by atoms with Crippen molar-refractivity contribution in [2.75, 3.05) is 19.7 Å². The van der Waals surface area contributed by atoms with Gasteiger partial charge in [0.15, 0.2) is 0 Å². The first-order valence-electron chi connectivity index (χ1n) is 8.71. The lowest BCUT2D eigenvalue weighted by atomic mass is 9.79. The molecule has 1 saturated carbocycles. The van der Waals surface area contributed by atoms with Gasteiger partial charge in [-0.2, -0.15) is 0 Å². The van der Waals surface area contributed by atoms with Crippen LogP contribution in [0.1, 0.15) is 65.7 Å². The van der Waals surface area contributed by atoms with Gasteiger partial charge in [0.1, 0.15) is 0 Å². The summed E-state index contributed by atoms with van der Waals surface area (Å²) < 4.78 is 6.00. The van der Waals surface area contributed by atoms with Crippen LogP contribution in [0.25, 0.3) is 0 Å². The lowest BCUT2D eigenvalue weighted by molar-refractivity contribution is -0.100. The average Bonchev–Trinajstić information content (AvgIpc) is 2.49. The van der Waals surface area contributed by atoms with Gasteiger partial charge in [-0.1, -0.05) is 40.0 Å². The van der Waals surface area contributed by atoms with Gasteiger partial charge in [0.25, 0.3) is 0 Å². The minimum absolute atomic E-state index is 0.184. The molecule has 2 rings (SSSR count). The van der Waals surface area contributed by atoms with Crippen LogP contribution in [0.5, 0.6) is 0 Å². The summed E-state index contributed by atoms with van der Waals surface area (Å²) in [6.07, 6.45) is 9.54. The summed E-state index contributed by atoms with van der Waals surface area (Å²) in [5.74, 6) is 0.589. The van der Waals surface area contributed by atoms with E-state index in [4.69, 9.17) is 10.5 Å². The Morgan fingerprint density at radius 3 is 2.50 bits per heavy atom. The molecule has 2 unspecified atom stereocenters. The molecule has 20 heavy (non-hydrogen) atoms. The van der Waals surface area contributed by atoms with Gasteiger partial charge in [0.05, 0.1) is 6.10 Å². The first-order valence-corrected chi connectivity index (χ1v) is 8.71. The molecule has 1 aliphatic carbocycles. The van der Waals surface area contributed by atoms with Crippen molar-refractivity contribution in [1.82, 2.24) is 4.90 Å². The third kappa shape index (κ3) is 3.37. The van der Waals surface area contributed by atoms with Crippen LogP contribution in [0.2, 0.25) is 0 Å². The van der Waals surface area contributed by atoms with E-state index < -0.39 is 0 Å². The van der Waals surface area contributed by atoms with E-state index in [1.807, 2.05) is 0 Å². The molecule has 0 radical (unpaired) electrons. The Kier molecular flexibility index (Phi) is 5.88. The summed E-state index contributed by atoms with van der Waals surface area (Å²) in [5.41, 5.74) is 6.47. The van der Waals surface area contributed by atoms with Crippen molar-refractivity contribution in [2.45, 2.75) is 83.4 Å². The summed E-state index contributed by atoms with van der Waals surface area (Å²) in [4.78, 5) is 2.75. The van der Waals surface area contributed by atoms with E-state index in [-0.39, 0.29) is 5.54 Å². The first-order chi connectivity index (χ1) is 9.63. The lowest BCUT2D eigenvalue weighted by Gasteiger charge is -2.52. The van der Waals surface area contributed by atoms with Crippen molar-refractivity contribution in [3.8, 4) is 0 Å². The molecule has 2 aliphatic rings. The summed E-state index contributed by atoms with van der Waals surface area (Å²) in [5, 5.41) is 0. The highest BCUT2D eigenvalue weighted by Gasteiger charge is 2.43. The largest absolute Gasteiger partial charge is 0.378 e. The molecule has 2 N–H and O–H groups in total. The maximum absolute atomic E-state index is 6.29. The normalized spacial score (nSPS) is 33.0. The van der Waals surface area contributed by atoms with E-state index in [2.05, 4.69) is 25.7 Å². The minimum Gasteiger partial charge on any atom is -0.378 e. The molecule has 1 heterocycles. The molecule has 0 aromatic heterocycles. The molecular weight excluding hydrogens is 248 g/mol. The highest BCUT2D eigenvalue weighted by Crippen LogP contribution is 2.37. The topological polar surface area (TPSA) is 38.5 Å². The van der Waals surface area contributed by atoms with Gasteiger partial charge in [0, 0.05) is 24.7 Å². The highest BCUT2D eigenvalue weighted by molar-refractivity contribution is 4.99. The second kappa shape index (κ2) is 7.24. The maximum Gasteiger partial charge on any atom is 0.0616 e. The van der Waals surface area contributed by atoms with Gasteiger partial charge in [0.2, 0.25) is 0 Å². The highest BCUT2D eigenvalue weighted by atomic mass is 16.5. The standard InChI is InChI=1S/C17H34N2O/c1-4-19(15-8-6-5-7-9-15)17(13-18)10-11-20-16(12-17)14(2)3/h14-16H,4-13,18H2,1-3H3. The number of ether oxygens (including phenoxy) is 1. The summed E-state index contributed by atoms with van der Waals surface area (Å²) in [7, 11) is 0. The molecule has 1 aliphatic heterocycles. The third-order valence-corrected chi connectivity index (χ3v) is 5.57. The molecule has 118 valence electrons. The van der Waals surface area contributed by atoms with Crippen molar-refractivity contribution in [3.05, 3.63) is 0 Å². The van der Waals surface area contributed by atoms with Crippen molar-refractivity contribution < 1.29 is 4.74 Å². The Labute approximate surface area is 125 Å². The van der Waals surface area contributed by atoms with Gasteiger partial charge in [-0.15, -0.1) is 0 Å². The maximum atomic E-state index is 6.29. The monoisotopic (exact) mass is 282 g/mol. The molecule has 2 fully saturated rings. The Bertz CT molecular complexity index is 289.